The monoisotopic (exact) mass is 312 g/mol. The molecule has 0 aliphatic carbocycles. The minimum atomic E-state index is -0.673. The summed E-state index contributed by atoms with van der Waals surface area (Å²) >= 11 is -0.673. The van der Waals surface area contributed by atoms with Crippen LogP contribution in [0.1, 0.15) is 40.5 Å². The van der Waals surface area contributed by atoms with E-state index in [2.05, 4.69) is 19.1 Å². The zero-order chi connectivity index (χ0) is 12.6. The van der Waals surface area contributed by atoms with Crippen LogP contribution in [0.15, 0.2) is 0 Å². The van der Waals surface area contributed by atoms with Crippen LogP contribution in [0, 0.1) is 5.92 Å². The van der Waals surface area contributed by atoms with Crippen molar-refractivity contribution in [1.82, 2.24) is 5.27 Å². The molecule has 1 amide bonds. The van der Waals surface area contributed by atoms with E-state index >= 15 is 0 Å². The predicted octanol–water partition coefficient (Wildman–Crippen LogP) is 1.77. The first kappa shape index (κ1) is 14.3. The van der Waals surface area contributed by atoms with E-state index in [-0.39, 0.29) is 5.92 Å². The number of carbonyl (C=O) groups is 1. The zero-order valence-corrected chi connectivity index (χ0v) is 15.2. The fourth-order valence-electron chi connectivity index (χ4n) is 3.00. The SMILES string of the molecule is C[CH](C)[Sr][N]1CC12CCN(C(=O)C(C)C)CC2. The molecule has 2 heterocycles. The summed E-state index contributed by atoms with van der Waals surface area (Å²) in [4.78, 5) is 14.0. The molecule has 0 N–H and O–H groups in total. The van der Waals surface area contributed by atoms with E-state index in [0.717, 1.165) is 14.0 Å². The molecular weight excluding hydrogens is 288 g/mol. The maximum atomic E-state index is 11.9. The normalized spacial score (nSPS) is 26.5. The fraction of sp³-hybridized carbons (Fsp3) is 0.923. The van der Waals surface area contributed by atoms with Gasteiger partial charge in [-0.15, -0.1) is 0 Å². The Labute approximate surface area is 128 Å². The Morgan fingerprint density at radius 3 is 2.24 bits per heavy atom. The predicted molar refractivity (Wildman–Crippen MR) is 70.9 cm³/mol. The molecule has 1 unspecified atom stereocenters. The summed E-state index contributed by atoms with van der Waals surface area (Å²) in [6.07, 6.45) is 2.46. The molecule has 0 aromatic heterocycles. The number of nitrogens with zero attached hydrogens (tertiary/aromatic N) is 2. The van der Waals surface area contributed by atoms with Gasteiger partial charge in [0.1, 0.15) is 0 Å². The molecule has 2 aliphatic rings. The molecule has 2 saturated heterocycles. The third-order valence-electron chi connectivity index (χ3n) is 4.14. The zero-order valence-electron chi connectivity index (χ0n) is 11.7. The van der Waals surface area contributed by atoms with Crippen LogP contribution in [0.4, 0.5) is 0 Å². The average molecular weight is 312 g/mol. The first-order chi connectivity index (χ1) is 7.94. The Morgan fingerprint density at radius 1 is 1.18 bits per heavy atom. The number of piperidine rings is 1. The van der Waals surface area contributed by atoms with Crippen LogP contribution in [0.3, 0.4) is 0 Å². The summed E-state index contributed by atoms with van der Waals surface area (Å²) in [5.74, 6) is 0.508. The van der Waals surface area contributed by atoms with Crippen molar-refractivity contribution in [3.8, 4) is 0 Å². The number of hydrogen-bond acceptors (Lipinski definition) is 2. The van der Waals surface area contributed by atoms with Gasteiger partial charge in [0.25, 0.3) is 0 Å². The van der Waals surface area contributed by atoms with E-state index in [1.165, 1.54) is 19.4 Å². The average Bonchev–Trinajstić information content (AvgIpc) is 2.90. The first-order valence-corrected chi connectivity index (χ1v) is 10.5. The second-order valence-electron chi connectivity index (χ2n) is 6.48. The third kappa shape index (κ3) is 3.27. The number of carbonyl (C=O) groups excluding carboxylic acids is 1. The number of rotatable bonds is 3. The van der Waals surface area contributed by atoms with E-state index < -0.39 is 41.4 Å². The van der Waals surface area contributed by atoms with Gasteiger partial charge in [-0.3, -0.25) is 0 Å². The Bertz CT molecular complexity index is 296. The van der Waals surface area contributed by atoms with Crippen LogP contribution < -0.4 is 0 Å². The van der Waals surface area contributed by atoms with Gasteiger partial charge in [0.15, 0.2) is 0 Å². The Kier molecular flexibility index (Phi) is 4.63. The van der Waals surface area contributed by atoms with Gasteiger partial charge in [0.05, 0.1) is 0 Å². The molecule has 17 heavy (non-hydrogen) atoms. The van der Waals surface area contributed by atoms with Crippen molar-refractivity contribution in [2.45, 2.75) is 47.0 Å². The molecule has 3 nitrogen and oxygen atoms in total. The van der Waals surface area contributed by atoms with Crippen LogP contribution in [-0.2, 0) is 4.79 Å². The second-order valence-corrected chi connectivity index (χ2v) is 13.3. The molecule has 94 valence electrons. The van der Waals surface area contributed by atoms with E-state index in [1.807, 2.05) is 13.8 Å². The molecule has 0 saturated carbocycles. The summed E-state index contributed by atoms with van der Waals surface area (Å²) in [6, 6.07) is 0. The standard InChI is InChI=1S/C10H17N2O.C3H7.Sr/c1-8(2)9(13)12-5-3-10(4-6-12)7-11-10;1-3-2;/h8H,3-7H2,1-2H3;3H,1-2H3;/q-1;;+1. The van der Waals surface area contributed by atoms with Gasteiger partial charge in [0, 0.05) is 0 Å². The molecule has 0 aromatic carbocycles. The Morgan fingerprint density at radius 2 is 1.76 bits per heavy atom. The fourth-order valence-corrected chi connectivity index (χ4v) is 8.24. The van der Waals surface area contributed by atoms with Crippen molar-refractivity contribution in [3.63, 3.8) is 0 Å². The summed E-state index contributed by atoms with van der Waals surface area (Å²) in [5, 5.41) is 0. The van der Waals surface area contributed by atoms with Crippen molar-refractivity contribution >= 4 is 47.3 Å². The van der Waals surface area contributed by atoms with Crippen LogP contribution >= 0.6 is 0 Å². The van der Waals surface area contributed by atoms with Crippen molar-refractivity contribution in [3.05, 3.63) is 0 Å². The van der Waals surface area contributed by atoms with Crippen LogP contribution in [-0.4, -0.2) is 77.8 Å². The Balaban J connectivity index is 1.82. The van der Waals surface area contributed by atoms with Gasteiger partial charge in [-0.1, -0.05) is 0 Å². The van der Waals surface area contributed by atoms with Crippen molar-refractivity contribution < 1.29 is 4.79 Å². The van der Waals surface area contributed by atoms with Crippen molar-refractivity contribution in [2.75, 3.05) is 19.6 Å². The van der Waals surface area contributed by atoms with E-state index in [1.54, 1.807) is 0 Å². The summed E-state index contributed by atoms with van der Waals surface area (Å²) in [5.41, 5.74) is 0.564. The Hall–Kier alpha value is 0.911. The van der Waals surface area contributed by atoms with Gasteiger partial charge in [-0.25, -0.2) is 0 Å². The summed E-state index contributed by atoms with van der Waals surface area (Å²) in [7, 11) is 0. The third-order valence-corrected chi connectivity index (χ3v) is 9.21. The maximum absolute atomic E-state index is 11.9. The molecular formula is C13H24N2OSr. The molecule has 1 spiro atoms. The van der Waals surface area contributed by atoms with Crippen molar-refractivity contribution in [1.29, 1.82) is 0 Å². The number of hydrogen-bond donors (Lipinski definition) is 0. The van der Waals surface area contributed by atoms with Gasteiger partial charge >= 0.3 is 130 Å². The van der Waals surface area contributed by atoms with Gasteiger partial charge in [-0.05, 0) is 0 Å². The van der Waals surface area contributed by atoms with E-state index in [0.29, 0.717) is 11.4 Å². The summed E-state index contributed by atoms with van der Waals surface area (Å²) < 4.78 is 3.78. The summed E-state index contributed by atoms with van der Waals surface area (Å²) in [6.45, 7) is 12.1. The topological polar surface area (TPSA) is 23.3 Å². The van der Waals surface area contributed by atoms with Crippen LogP contribution in [0.5, 0.6) is 0 Å². The van der Waals surface area contributed by atoms with Crippen molar-refractivity contribution in [2.24, 2.45) is 5.92 Å². The number of amides is 1. The second kappa shape index (κ2) is 5.50. The molecule has 2 aliphatic heterocycles. The van der Waals surface area contributed by atoms with E-state index in [9.17, 15) is 4.79 Å². The quantitative estimate of drug-likeness (QED) is 0.586. The van der Waals surface area contributed by atoms with Gasteiger partial charge < -0.3 is 0 Å². The molecule has 0 bridgehead atoms. The van der Waals surface area contributed by atoms with Crippen LogP contribution in [0.2, 0.25) is 0.889 Å². The molecule has 2 fully saturated rings. The molecule has 2 rings (SSSR count). The first-order valence-electron chi connectivity index (χ1n) is 6.98. The van der Waals surface area contributed by atoms with E-state index in [4.69, 9.17) is 0 Å². The molecule has 1 atom stereocenters. The minimum absolute atomic E-state index is 0.161. The number of likely N-dealkylation sites (tertiary alicyclic amines) is 1. The molecule has 0 aromatic rings. The van der Waals surface area contributed by atoms with Crippen LogP contribution in [0.25, 0.3) is 0 Å². The molecule has 4 heteroatoms. The molecule has 0 radical (unpaired) electrons. The van der Waals surface area contributed by atoms with Gasteiger partial charge in [0.2, 0.25) is 0 Å². The van der Waals surface area contributed by atoms with Gasteiger partial charge in [-0.2, -0.15) is 0 Å².